The first kappa shape index (κ1) is 56.2. The Kier molecular flexibility index (Phi) is 15.0. The molecule has 0 amide bonds. The van der Waals surface area contributed by atoms with E-state index in [9.17, 15) is 68.7 Å². The smallest absolute Gasteiger partial charge is 0.310 e. The van der Waals surface area contributed by atoms with Crippen molar-refractivity contribution < 1.29 is 96.4 Å². The highest BCUT2D eigenvalue weighted by Crippen LogP contribution is 2.72. The number of aliphatic hydroxyl groups is 5. The van der Waals surface area contributed by atoms with Crippen LogP contribution >= 0.6 is 0 Å². The second-order valence-electron chi connectivity index (χ2n) is 21.6. The van der Waals surface area contributed by atoms with Crippen molar-refractivity contribution in [3.63, 3.8) is 0 Å². The number of Topliss-reactive ketones (excluding diaryl/α,β-unsaturated/α-hetero) is 2. The number of hydrogen-bond acceptors (Lipinski definition) is 18. The number of ether oxygens (including phenoxy) is 4. The lowest BCUT2D eigenvalue weighted by Gasteiger charge is -2.62. The van der Waals surface area contributed by atoms with E-state index in [1.54, 1.807) is 27.7 Å². The topological polar surface area (TPSA) is 292 Å². The molecule has 8 aliphatic carbocycles. The second-order valence-corrected chi connectivity index (χ2v) is 21.6. The first-order valence-electron chi connectivity index (χ1n) is 24.1. The molecule has 8 rings (SSSR count). The summed E-state index contributed by atoms with van der Waals surface area (Å²) in [4.78, 5) is 106. The molecule has 0 saturated heterocycles. The van der Waals surface area contributed by atoms with Gasteiger partial charge in [-0.2, -0.15) is 0 Å². The van der Waals surface area contributed by atoms with Crippen molar-refractivity contribution in [1.29, 1.82) is 0 Å². The van der Waals surface area contributed by atoms with Crippen molar-refractivity contribution in [1.82, 2.24) is 0 Å². The van der Waals surface area contributed by atoms with Gasteiger partial charge in [0.2, 0.25) is 11.4 Å². The van der Waals surface area contributed by atoms with Gasteiger partial charge in [0.25, 0.3) is 0 Å². The Balaban J connectivity index is 0.000000213. The lowest BCUT2D eigenvalue weighted by molar-refractivity contribution is -0.233. The minimum absolute atomic E-state index is 0.00397. The monoisotopic (exact) mass is 1020 g/mol. The largest absolute Gasteiger partial charge is 0.458 e. The third-order valence-corrected chi connectivity index (χ3v) is 18.0. The predicted molar refractivity (Wildman–Crippen MR) is 245 cm³/mol. The summed E-state index contributed by atoms with van der Waals surface area (Å²) >= 11 is 0. The third kappa shape index (κ3) is 8.27. The summed E-state index contributed by atoms with van der Waals surface area (Å²) in [6.07, 6.45) is 3.61. The Hall–Kier alpha value is -5.15. The van der Waals surface area contributed by atoms with Crippen molar-refractivity contribution in [2.24, 2.45) is 45.3 Å². The number of allylic oxidation sites excluding steroid dienone is 8. The van der Waals surface area contributed by atoms with E-state index < -0.39 is 147 Å². The molecule has 0 spiro atoms. The van der Waals surface area contributed by atoms with Crippen LogP contribution in [0.1, 0.15) is 114 Å². The molecule has 0 bridgehead atoms. The van der Waals surface area contributed by atoms with E-state index in [1.807, 2.05) is 0 Å². The van der Waals surface area contributed by atoms with Crippen LogP contribution in [-0.4, -0.2) is 139 Å². The average molecular weight is 1020 g/mol. The van der Waals surface area contributed by atoms with E-state index in [-0.39, 0.29) is 43.7 Å². The minimum atomic E-state index is -2.23. The molecule has 0 heterocycles. The molecule has 0 aromatic carbocycles. The number of ketones is 4. The van der Waals surface area contributed by atoms with Gasteiger partial charge < -0.3 is 44.5 Å². The van der Waals surface area contributed by atoms with Gasteiger partial charge in [0.15, 0.2) is 40.9 Å². The number of halogens is 2. The van der Waals surface area contributed by atoms with Crippen LogP contribution in [0.15, 0.2) is 47.6 Å². The van der Waals surface area contributed by atoms with Crippen molar-refractivity contribution in [3.05, 3.63) is 47.6 Å². The van der Waals surface area contributed by atoms with Gasteiger partial charge in [0, 0.05) is 68.1 Å². The van der Waals surface area contributed by atoms with E-state index in [2.05, 4.69) is 4.74 Å². The normalized spacial score (nSPS) is 42.8. The Bertz CT molecular complexity index is 2450. The molecule has 72 heavy (non-hydrogen) atoms. The Morgan fingerprint density at radius 3 is 1.49 bits per heavy atom. The molecule has 0 aromatic rings. The van der Waals surface area contributed by atoms with Crippen LogP contribution in [0.5, 0.6) is 0 Å². The maximum Gasteiger partial charge on any atom is 0.310 e. The van der Waals surface area contributed by atoms with Crippen molar-refractivity contribution in [2.45, 2.75) is 161 Å². The summed E-state index contributed by atoms with van der Waals surface area (Å²) in [6, 6.07) is 0. The molecule has 6 fully saturated rings. The maximum absolute atomic E-state index is 17.4. The van der Waals surface area contributed by atoms with E-state index in [1.165, 1.54) is 50.3 Å². The Morgan fingerprint density at radius 2 is 1.08 bits per heavy atom. The first-order chi connectivity index (χ1) is 33.2. The summed E-state index contributed by atoms with van der Waals surface area (Å²) in [5.41, 5.74) is -12.5. The standard InChI is InChI=1S/C27H33FO9.C21H27FO6.C4H6O3/c1-14(29)35-13-22(34)27(37-16(3)31)23(36-15(2)30)11-20-19-7-6-17-10-18(32)8-9-24(17,4)26(19,28)21(33)12-25(20,27)5;1-18-6-5-12(24)7-11(18)3-4-13-14-8-15(25)21(28,17(27)10-23)19(14,2)9-16(26)20(13,18)22;1-3(5)7-4(2)6/h8-10,19-21,23,33H,6-7,11-13H2,1-5H3;5-7,13-16,23,25-26,28H,3-4,8-10H2,1-2H3;1-2H3. The van der Waals surface area contributed by atoms with E-state index >= 15 is 8.78 Å². The van der Waals surface area contributed by atoms with Gasteiger partial charge in [-0.1, -0.05) is 37.1 Å². The van der Waals surface area contributed by atoms with E-state index in [0.717, 1.165) is 20.8 Å². The highest BCUT2D eigenvalue weighted by Gasteiger charge is 2.80. The summed E-state index contributed by atoms with van der Waals surface area (Å²) in [7, 11) is 0. The van der Waals surface area contributed by atoms with Gasteiger partial charge in [-0.15, -0.1) is 0 Å². The number of rotatable bonds is 7. The number of alkyl halides is 2. The van der Waals surface area contributed by atoms with E-state index in [4.69, 9.17) is 14.2 Å². The second kappa shape index (κ2) is 19.3. The molecule has 0 aliphatic heterocycles. The molecule has 8 aliphatic rings. The molecule has 16 unspecified atom stereocenters. The molecule has 18 nitrogen and oxygen atoms in total. The number of esters is 5. The molecule has 0 radical (unpaired) electrons. The fourth-order valence-corrected chi connectivity index (χ4v) is 14.8. The highest BCUT2D eigenvalue weighted by atomic mass is 19.1. The SMILES string of the molecule is CC(=O)OC(C)=O.CC(=O)OCC(=O)C1(OC(C)=O)C(OC(C)=O)CC2C3CCC4=CC(=O)C=CC4(C)C3(F)C(O)CC21C.CC12C=CC(=O)C=C1CCC1C3CC(O)C(O)(C(=O)CO)C3(C)CC(O)C12F. The fraction of sp³-hybridized carbons (Fsp3) is 0.673. The Labute approximate surface area is 415 Å². The number of carbonyl (C=O) groups excluding carboxylic acids is 9. The van der Waals surface area contributed by atoms with Crippen LogP contribution in [0, 0.1) is 45.3 Å². The van der Waals surface area contributed by atoms with Crippen molar-refractivity contribution in [3.8, 4) is 0 Å². The van der Waals surface area contributed by atoms with Gasteiger partial charge in [0.05, 0.1) is 18.3 Å². The first-order valence-corrected chi connectivity index (χ1v) is 24.1. The lowest BCUT2D eigenvalue weighted by Crippen LogP contribution is -2.70. The highest BCUT2D eigenvalue weighted by molar-refractivity contribution is 6.02. The van der Waals surface area contributed by atoms with Crippen LogP contribution in [0.3, 0.4) is 0 Å². The summed E-state index contributed by atoms with van der Waals surface area (Å²) in [5.74, 6) is -8.34. The number of fused-ring (bicyclic) bond motifs is 10. The van der Waals surface area contributed by atoms with Crippen LogP contribution in [0.25, 0.3) is 0 Å². The van der Waals surface area contributed by atoms with Gasteiger partial charge >= 0.3 is 29.8 Å². The number of aliphatic hydroxyl groups excluding tert-OH is 4. The molecular weight excluding hydrogens is 951 g/mol. The molecule has 20 heteroatoms. The van der Waals surface area contributed by atoms with Gasteiger partial charge in [0.1, 0.15) is 12.7 Å². The molecule has 5 N–H and O–H groups in total. The Morgan fingerprint density at radius 1 is 0.625 bits per heavy atom. The van der Waals surface area contributed by atoms with E-state index in [0.29, 0.717) is 30.4 Å². The van der Waals surface area contributed by atoms with Crippen LogP contribution < -0.4 is 0 Å². The zero-order valence-corrected chi connectivity index (χ0v) is 42.0. The van der Waals surface area contributed by atoms with Gasteiger partial charge in [-0.05, 0) is 101 Å². The van der Waals surface area contributed by atoms with Crippen molar-refractivity contribution in [2.75, 3.05) is 13.2 Å². The van der Waals surface area contributed by atoms with Crippen molar-refractivity contribution >= 4 is 53.0 Å². The zero-order valence-electron chi connectivity index (χ0n) is 42.0. The molecule has 16 atom stereocenters. The summed E-state index contributed by atoms with van der Waals surface area (Å²) in [6.45, 7) is 10.6. The molecule has 6 saturated carbocycles. The molecular formula is C52H66F2O18. The number of hydrogen-bond donors (Lipinski definition) is 5. The maximum atomic E-state index is 17.4. The van der Waals surface area contributed by atoms with Crippen LogP contribution in [0.4, 0.5) is 8.78 Å². The number of carbonyl (C=O) groups is 9. The summed E-state index contributed by atoms with van der Waals surface area (Å²) < 4.78 is 54.4. The quantitative estimate of drug-likeness (QED) is 0.139. The predicted octanol–water partition coefficient (Wildman–Crippen LogP) is 3.05. The lowest BCUT2D eigenvalue weighted by atomic mass is 9.44. The molecule has 0 aromatic heterocycles. The third-order valence-electron chi connectivity index (χ3n) is 18.0. The summed E-state index contributed by atoms with van der Waals surface area (Å²) in [5, 5.41) is 53.6. The molecule has 396 valence electrons. The minimum Gasteiger partial charge on any atom is -0.458 e. The average Bonchev–Trinajstić information content (AvgIpc) is 3.62. The van der Waals surface area contributed by atoms with Crippen LogP contribution in [-0.2, 0) is 62.1 Å². The fourth-order valence-electron chi connectivity index (χ4n) is 14.8. The van der Waals surface area contributed by atoms with Crippen LogP contribution in [0.2, 0.25) is 0 Å². The van der Waals surface area contributed by atoms with Gasteiger partial charge in [-0.3, -0.25) is 43.2 Å². The van der Waals surface area contributed by atoms with Gasteiger partial charge in [-0.25, -0.2) is 8.78 Å². The zero-order chi connectivity index (χ0) is 54.1.